The Morgan fingerprint density at radius 1 is 0.545 bits per heavy atom. The molecule has 0 radical (unpaired) electrons. The molecule has 2 atom stereocenters. The first-order valence-corrected chi connectivity index (χ1v) is 44.3. The van der Waals surface area contributed by atoms with E-state index >= 15 is 0 Å². The van der Waals surface area contributed by atoms with Crippen molar-refractivity contribution in [2.75, 3.05) is 40.0 Å². The van der Waals surface area contributed by atoms with Gasteiger partial charge in [-0.05, 0) is 218 Å². The van der Waals surface area contributed by atoms with E-state index in [9.17, 15) is 19.5 Å². The number of ketones is 1. The molecule has 13 rings (SSSR count). The van der Waals surface area contributed by atoms with Crippen LogP contribution in [0, 0.1) is 6.07 Å². The van der Waals surface area contributed by atoms with Crippen LogP contribution in [0.25, 0.3) is 0 Å². The molecule has 12 nitrogen and oxygen atoms in total. The molecular formula is C84H81Br5Cl6MgN6O6P2. The predicted molar refractivity (Wildman–Crippen MR) is 476 cm³/mol. The Morgan fingerprint density at radius 2 is 0.955 bits per heavy atom. The molecule has 110 heavy (non-hydrogen) atoms. The molecule has 1 aliphatic heterocycles. The van der Waals surface area contributed by atoms with E-state index < -0.39 is 12.1 Å². The van der Waals surface area contributed by atoms with Gasteiger partial charge in [-0.2, -0.15) is 41.9 Å². The molecule has 12 aromatic rings. The number of aliphatic hydroxyl groups is 1. The zero-order chi connectivity index (χ0) is 78.4. The summed E-state index contributed by atoms with van der Waals surface area (Å²) in [5, 5.41) is 16.1. The van der Waals surface area contributed by atoms with Crippen LogP contribution in [0.5, 0.6) is 0 Å². The number of nitrogens with zero attached hydrogens (tertiary/aromatic N) is 5. The Balaban J connectivity index is 0.000000334. The molecule has 1 fully saturated rings. The number of aromatic nitrogens is 5. The van der Waals surface area contributed by atoms with Gasteiger partial charge in [-0.15, -0.1) is 8.58 Å². The molecule has 7 aromatic carbocycles. The summed E-state index contributed by atoms with van der Waals surface area (Å²) in [5.41, 5.74) is 13.1. The Bertz CT molecular complexity index is 4410. The third-order valence-corrected chi connectivity index (χ3v) is 26.6. The van der Waals surface area contributed by atoms with Crippen molar-refractivity contribution in [2.45, 2.75) is 50.7 Å². The van der Waals surface area contributed by atoms with E-state index in [1.807, 2.05) is 158 Å². The second kappa shape index (κ2) is 56.2. The number of hydrogen-bond acceptors (Lipinski definition) is 12. The average Bonchev–Trinajstić information content (AvgIpc) is 0.767. The standard InChI is InChI=1S/C20H20ClOP.C13H12BrClN2.C13H11BrClNO.C13H9BrClNO.C7H6BrNO.C6H4BrNO.C6H4Cl.C4H8O.C2H7P.ClH.Mg/c1-22-17-23(21,18-11-5-2-6-12-18,19-13-7-3-8-14-19)20-15-9-4-10-16-20;14-13-10(4-2-6-17-13)8-12(16)9-3-1-5-11(15)7-9;2*14-13-10(4-2-6-16-13)8-12(17)9-3-1-5-11(15)7-9;8-7-6(3-5-10)2-1-4-9-7;7-6-5(4-9)2-1-3-8-6;7-6-4-2-1-3-5-6;1-2-4-5-3-1;1-3-2;;/h2-16H,17H2,1H3;1-7,12H,8,16H2;1-7,12,17H,8H2;1-7H,8H2;1-2,4-5H,3H2;1-4H;1-2,4-5H;1-4H2;3H,1-2H3;1H;/q;;;;;;-1;;;;+2/p-1. The number of pyridine rings is 5. The SMILES string of the molecule is C1CCOC1.COCP(Cl)(c1ccccc1)(c1ccccc1)c1ccccc1.CPC.Clc1c[c-]ccc1.NC(Cc1cccnc1Br)c1cccc(Cl)c1.O=C(Cc1cccnc1Br)c1cccc(Cl)c1.O=CCc1cccnc1Br.O=Cc1cccnc1Br.OC(Cc1cccnc1Br)c1cccc(Cl)c1.[Cl-].[Mg+2]. The van der Waals surface area contributed by atoms with E-state index in [1.54, 1.807) is 92.7 Å². The minimum absolute atomic E-state index is 0. The van der Waals surface area contributed by atoms with E-state index in [-0.39, 0.29) is 47.3 Å². The fourth-order valence-corrected chi connectivity index (χ4v) is 18.1. The minimum Gasteiger partial charge on any atom is -1.00 e. The molecule has 2 unspecified atom stereocenters. The zero-order valence-corrected chi connectivity index (χ0v) is 76.1. The van der Waals surface area contributed by atoms with Crippen molar-refractivity contribution >= 4 is 209 Å². The Hall–Kier alpha value is -5.09. The normalized spacial score (nSPS) is 11.6. The molecule has 0 bridgehead atoms. The van der Waals surface area contributed by atoms with Gasteiger partial charge in [0, 0.05) is 95.7 Å². The number of ether oxygens (including phenoxy) is 2. The number of nitrogens with two attached hydrogens (primary N) is 1. The summed E-state index contributed by atoms with van der Waals surface area (Å²) < 4.78 is 14.3. The first-order chi connectivity index (χ1) is 52.2. The molecule has 5 aromatic heterocycles. The molecule has 0 spiro atoms. The van der Waals surface area contributed by atoms with Gasteiger partial charge in [0.25, 0.3) is 0 Å². The number of rotatable bonds is 17. The average molecular weight is 1970 g/mol. The van der Waals surface area contributed by atoms with E-state index in [4.69, 9.17) is 72.9 Å². The molecule has 1 aliphatic rings. The molecule has 3 N–H and O–H groups in total. The molecule has 572 valence electrons. The van der Waals surface area contributed by atoms with Crippen LogP contribution in [0.2, 0.25) is 20.1 Å². The number of carbonyl (C=O) groups is 3. The van der Waals surface area contributed by atoms with Crippen LogP contribution in [0.1, 0.15) is 79.1 Å². The maximum atomic E-state index is 12.0. The van der Waals surface area contributed by atoms with Gasteiger partial charge in [-0.25, -0.2) is 24.9 Å². The topological polar surface area (TPSA) is 180 Å². The summed E-state index contributed by atoms with van der Waals surface area (Å²) in [5.74, 6) is -3.15. The molecule has 1 saturated heterocycles. The summed E-state index contributed by atoms with van der Waals surface area (Å²) in [6.07, 6.45) is 14.5. The van der Waals surface area contributed by atoms with Crippen molar-refractivity contribution in [1.29, 1.82) is 0 Å². The first kappa shape index (κ1) is 99.1. The van der Waals surface area contributed by atoms with Crippen LogP contribution in [-0.2, 0) is 40.0 Å². The molecule has 6 heterocycles. The van der Waals surface area contributed by atoms with Crippen molar-refractivity contribution in [3.8, 4) is 0 Å². The van der Waals surface area contributed by atoms with Gasteiger partial charge >= 0.3 is 165 Å². The number of halogens is 11. The first-order valence-electron chi connectivity index (χ1n) is 33.5. The van der Waals surface area contributed by atoms with E-state index in [1.165, 1.54) is 12.8 Å². The van der Waals surface area contributed by atoms with Crippen LogP contribution in [0.4, 0.5) is 0 Å². The summed E-state index contributed by atoms with van der Waals surface area (Å²) in [7, 11) is 2.80. The van der Waals surface area contributed by atoms with Gasteiger partial charge < -0.3 is 32.8 Å². The van der Waals surface area contributed by atoms with E-state index in [0.29, 0.717) is 61.0 Å². The minimum atomic E-state index is -3.18. The fraction of sp³-hybridized carbons (Fsp3) is 0.167. The molecule has 26 heteroatoms. The van der Waals surface area contributed by atoms with Crippen LogP contribution < -0.4 is 34.1 Å². The van der Waals surface area contributed by atoms with E-state index in [0.717, 1.165) is 109 Å². The van der Waals surface area contributed by atoms with Crippen molar-refractivity contribution < 1.29 is 41.4 Å². The maximum Gasteiger partial charge on any atom is 2.00 e. The number of Topliss-reactive ketones (excluding diaryl/α,β-unsaturated/α-hetero) is 1. The zero-order valence-electron chi connectivity index (χ0n) is 60.3. The number of carbonyl (C=O) groups excluding carboxylic acids is 3. The summed E-state index contributed by atoms with van der Waals surface area (Å²) >= 11 is 47.3. The number of aliphatic hydroxyl groups excluding tert-OH is 1. The summed E-state index contributed by atoms with van der Waals surface area (Å²) in [4.78, 5) is 52.4. The number of methoxy groups -OCH3 is 1. The summed E-state index contributed by atoms with van der Waals surface area (Å²) in [6, 6.07) is 81.3. The van der Waals surface area contributed by atoms with Crippen molar-refractivity contribution in [3.63, 3.8) is 0 Å². The number of aldehydes is 2. The fourth-order valence-electron chi connectivity index (χ4n) is 9.92. The Kier molecular flexibility index (Phi) is 50.6. The third-order valence-electron chi connectivity index (χ3n) is 15.2. The van der Waals surface area contributed by atoms with Crippen LogP contribution >= 0.6 is 152 Å². The Morgan fingerprint density at radius 3 is 1.33 bits per heavy atom. The van der Waals surface area contributed by atoms with Crippen molar-refractivity contribution in [1.82, 2.24) is 24.9 Å². The number of hydrogen-bond donors (Lipinski definition) is 2. The van der Waals surface area contributed by atoms with Crippen LogP contribution in [0.3, 0.4) is 0 Å². The quantitative estimate of drug-likeness (QED) is 0.0220. The molecule has 0 amide bonds. The van der Waals surface area contributed by atoms with Gasteiger partial charge in [0.15, 0.2) is 12.1 Å². The second-order valence-electron chi connectivity index (χ2n) is 23.1. The second-order valence-corrected chi connectivity index (χ2v) is 36.0. The third kappa shape index (κ3) is 34.9. The van der Waals surface area contributed by atoms with Crippen LogP contribution in [-0.4, -0.2) is 111 Å². The Labute approximate surface area is 737 Å². The van der Waals surface area contributed by atoms with Gasteiger partial charge in [0.05, 0.1) is 6.10 Å². The van der Waals surface area contributed by atoms with Gasteiger partial charge in [-0.3, -0.25) is 9.59 Å². The maximum absolute atomic E-state index is 12.0. The molecule has 0 aliphatic carbocycles. The smallest absolute Gasteiger partial charge is 1.00 e. The van der Waals surface area contributed by atoms with Gasteiger partial charge in [-0.1, -0.05) is 100 Å². The van der Waals surface area contributed by atoms with Crippen molar-refractivity contribution in [3.05, 3.63) is 373 Å². The number of benzene rings is 7. The largest absolute Gasteiger partial charge is 2.00 e. The molecular weight excluding hydrogens is 1890 g/mol. The van der Waals surface area contributed by atoms with E-state index in [2.05, 4.69) is 160 Å². The summed E-state index contributed by atoms with van der Waals surface area (Å²) in [6.45, 7) is 6.31. The van der Waals surface area contributed by atoms with Crippen LogP contribution in [0.15, 0.2) is 303 Å². The van der Waals surface area contributed by atoms with Crippen molar-refractivity contribution in [2.24, 2.45) is 5.73 Å². The predicted octanol–water partition coefficient (Wildman–Crippen LogP) is 19.4. The monoisotopic (exact) mass is 1960 g/mol. The van der Waals surface area contributed by atoms with Gasteiger partial charge in [0.1, 0.15) is 29.3 Å². The molecule has 0 saturated carbocycles. The van der Waals surface area contributed by atoms with Gasteiger partial charge in [0.2, 0.25) is 0 Å².